The molecule has 0 bridgehead atoms. The number of nitrogens with one attached hydrogen (secondary N) is 3. The monoisotopic (exact) mass is 593 g/mol. The molecule has 42 heavy (non-hydrogen) atoms. The number of amides is 3. The summed E-state index contributed by atoms with van der Waals surface area (Å²) < 4.78 is 20.8. The van der Waals surface area contributed by atoms with Crippen molar-refractivity contribution in [1.82, 2.24) is 15.2 Å². The van der Waals surface area contributed by atoms with Gasteiger partial charge >= 0.3 is 6.03 Å². The maximum absolute atomic E-state index is 15.3. The number of carbonyl (C=O) groups excluding carboxylic acids is 2. The van der Waals surface area contributed by atoms with Crippen LogP contribution in [0.2, 0.25) is 5.02 Å². The van der Waals surface area contributed by atoms with Gasteiger partial charge in [0.2, 0.25) is 5.91 Å². The van der Waals surface area contributed by atoms with Crippen molar-refractivity contribution in [2.24, 2.45) is 5.92 Å². The van der Waals surface area contributed by atoms with Crippen LogP contribution in [0.25, 0.3) is 0 Å². The first-order chi connectivity index (χ1) is 20.3. The molecule has 1 saturated heterocycles. The molecule has 2 aliphatic rings. The number of aromatic nitrogens is 1. The normalized spacial score (nSPS) is 19.8. The number of likely N-dealkylation sites (tertiary alicyclic amines) is 1. The Bertz CT molecular complexity index is 1390. The third-order valence-electron chi connectivity index (χ3n) is 8.21. The molecule has 2 aromatic carbocycles. The second kappa shape index (κ2) is 13.2. The highest BCUT2D eigenvalue weighted by atomic mass is 35.5. The highest BCUT2D eigenvalue weighted by Gasteiger charge is 2.41. The van der Waals surface area contributed by atoms with Crippen molar-refractivity contribution in [3.05, 3.63) is 88.8 Å². The van der Waals surface area contributed by atoms with E-state index in [-0.39, 0.29) is 24.8 Å². The predicted molar refractivity (Wildman–Crippen MR) is 162 cm³/mol. The molecular formula is C32H37ClFN5O3. The number of hydrogen-bond donors (Lipinski definition) is 3. The van der Waals surface area contributed by atoms with Crippen LogP contribution in [0.3, 0.4) is 0 Å². The second-order valence-corrected chi connectivity index (χ2v) is 11.5. The van der Waals surface area contributed by atoms with Crippen LogP contribution in [0.15, 0.2) is 66.9 Å². The molecule has 0 radical (unpaired) electrons. The van der Waals surface area contributed by atoms with E-state index in [4.69, 9.17) is 16.3 Å². The average molecular weight is 594 g/mol. The van der Waals surface area contributed by atoms with Crippen LogP contribution >= 0.6 is 11.6 Å². The fourth-order valence-corrected chi connectivity index (χ4v) is 5.89. The second-order valence-electron chi connectivity index (χ2n) is 11.0. The van der Waals surface area contributed by atoms with Crippen molar-refractivity contribution < 1.29 is 18.7 Å². The Hall–Kier alpha value is -3.53. The first-order valence-electron chi connectivity index (χ1n) is 14.5. The topological polar surface area (TPSA) is 95.6 Å². The Morgan fingerprint density at radius 2 is 1.88 bits per heavy atom. The average Bonchev–Trinajstić information content (AvgIpc) is 3.73. The summed E-state index contributed by atoms with van der Waals surface area (Å²) >= 11 is 5.90. The molecule has 1 saturated carbocycles. The maximum atomic E-state index is 15.3. The molecular weight excluding hydrogens is 557 g/mol. The van der Waals surface area contributed by atoms with Gasteiger partial charge < -0.3 is 20.3 Å². The van der Waals surface area contributed by atoms with Gasteiger partial charge in [-0.3, -0.25) is 10.1 Å². The van der Waals surface area contributed by atoms with Crippen molar-refractivity contribution >= 4 is 35.0 Å². The molecule has 222 valence electrons. The predicted octanol–water partition coefficient (Wildman–Crippen LogP) is 6.18. The number of hydrogen-bond acceptors (Lipinski definition) is 5. The molecule has 3 amide bonds. The number of benzene rings is 2. The molecule has 1 aromatic heterocycles. The molecule has 3 N–H and O–H groups in total. The Balaban J connectivity index is 1.40. The van der Waals surface area contributed by atoms with Gasteiger partial charge in [-0.15, -0.1) is 0 Å². The fourth-order valence-electron chi connectivity index (χ4n) is 5.77. The van der Waals surface area contributed by atoms with Crippen molar-refractivity contribution in [2.75, 3.05) is 30.8 Å². The van der Waals surface area contributed by atoms with Crippen LogP contribution in [0.5, 0.6) is 0 Å². The quantitative estimate of drug-likeness (QED) is 0.247. The first kappa shape index (κ1) is 29.9. The fraction of sp³-hybridized carbons (Fsp3) is 0.406. The smallest absolute Gasteiger partial charge is 0.323 e. The van der Waals surface area contributed by atoms with Crippen molar-refractivity contribution in [1.29, 1.82) is 0 Å². The number of carbonyl (C=O) groups is 2. The highest BCUT2D eigenvalue weighted by molar-refractivity contribution is 6.30. The molecule has 8 nitrogen and oxygen atoms in total. The molecule has 3 atom stereocenters. The van der Waals surface area contributed by atoms with E-state index < -0.39 is 29.3 Å². The van der Waals surface area contributed by atoms with Gasteiger partial charge in [0.15, 0.2) is 0 Å². The van der Waals surface area contributed by atoms with Crippen molar-refractivity contribution in [3.63, 3.8) is 0 Å². The summed E-state index contributed by atoms with van der Waals surface area (Å²) in [6, 6.07) is 16.9. The van der Waals surface area contributed by atoms with Crippen molar-refractivity contribution in [2.45, 2.75) is 56.7 Å². The van der Waals surface area contributed by atoms with E-state index in [9.17, 15) is 9.59 Å². The molecule has 2 fully saturated rings. The number of pyridine rings is 1. The molecule has 5 rings (SSSR count). The molecule has 2 heterocycles. The van der Waals surface area contributed by atoms with Gasteiger partial charge in [-0.05, 0) is 60.7 Å². The molecule has 1 aliphatic carbocycles. The van der Waals surface area contributed by atoms with Crippen molar-refractivity contribution in [3.8, 4) is 0 Å². The Labute approximate surface area is 251 Å². The van der Waals surface area contributed by atoms with Crippen LogP contribution in [-0.2, 0) is 15.1 Å². The van der Waals surface area contributed by atoms with Gasteiger partial charge in [-0.25, -0.2) is 14.2 Å². The Morgan fingerprint density at radius 3 is 2.55 bits per heavy atom. The summed E-state index contributed by atoms with van der Waals surface area (Å²) in [5, 5.41) is 9.63. The number of ether oxygens (including phenoxy) is 1. The zero-order chi connectivity index (χ0) is 29.7. The van der Waals surface area contributed by atoms with Gasteiger partial charge in [0.1, 0.15) is 17.7 Å². The largest absolute Gasteiger partial charge is 0.380 e. The van der Waals surface area contributed by atoms with Crippen LogP contribution in [-0.4, -0.2) is 54.2 Å². The van der Waals surface area contributed by atoms with E-state index in [1.165, 1.54) is 37.1 Å². The van der Waals surface area contributed by atoms with E-state index in [1.54, 1.807) is 24.3 Å². The zero-order valence-corrected chi connectivity index (χ0v) is 24.7. The minimum Gasteiger partial charge on any atom is -0.380 e. The SMILES string of the molecule is CCNC(CCC1CC1)(c1ccccc1)c1ccc(F)c(NC(=O)[C@H]2C[C@@H](OC)CN2C(=O)Nc2ccc(Cl)cn2)c1. The van der Waals surface area contributed by atoms with E-state index in [2.05, 4.69) is 40.0 Å². The minimum atomic E-state index is -0.868. The maximum Gasteiger partial charge on any atom is 0.323 e. The molecule has 0 spiro atoms. The molecule has 10 heteroatoms. The standard InChI is InChI=1S/C32H37ClFN5O3/c1-3-36-32(16-15-21-9-10-21,22-7-5-4-6-8-22)23-11-13-26(34)27(17-23)37-30(40)28-18-25(42-2)20-39(28)31(41)38-29-14-12-24(33)19-35-29/h4-8,11-14,17,19,21,25,28,36H,3,9-10,15-16,18,20H2,1-2H3,(H,37,40)(H,35,38,41)/t25-,28-,32?/m1/s1. The lowest BCUT2D eigenvalue weighted by atomic mass is 9.78. The first-order valence-corrected chi connectivity index (χ1v) is 14.8. The van der Waals surface area contributed by atoms with E-state index in [1.807, 2.05) is 18.2 Å². The summed E-state index contributed by atoms with van der Waals surface area (Å²) in [6.45, 7) is 2.98. The third-order valence-corrected chi connectivity index (χ3v) is 8.43. The summed E-state index contributed by atoms with van der Waals surface area (Å²) in [5.41, 5.74) is 1.49. The number of methoxy groups -OCH3 is 1. The summed E-state index contributed by atoms with van der Waals surface area (Å²) in [7, 11) is 1.54. The lowest BCUT2D eigenvalue weighted by Crippen LogP contribution is -2.45. The molecule has 3 aromatic rings. The van der Waals surface area contributed by atoms with Gasteiger partial charge in [0.05, 0.1) is 22.4 Å². The van der Waals surface area contributed by atoms with Crippen LogP contribution in [0.4, 0.5) is 20.7 Å². The van der Waals surface area contributed by atoms with Gasteiger partial charge in [0.25, 0.3) is 0 Å². The van der Waals surface area contributed by atoms with Crippen LogP contribution in [0, 0.1) is 11.7 Å². The van der Waals surface area contributed by atoms with E-state index in [0.717, 1.165) is 24.0 Å². The molecule has 1 unspecified atom stereocenters. The van der Waals surface area contributed by atoms with E-state index in [0.29, 0.717) is 23.3 Å². The number of nitrogens with zero attached hydrogens (tertiary/aromatic N) is 2. The minimum absolute atomic E-state index is 0.0720. The number of rotatable bonds is 11. The summed E-state index contributed by atoms with van der Waals surface area (Å²) in [4.78, 5) is 32.3. The van der Waals surface area contributed by atoms with Gasteiger partial charge in [-0.1, -0.05) is 67.8 Å². The number of halogens is 2. The lowest BCUT2D eigenvalue weighted by molar-refractivity contribution is -0.119. The lowest BCUT2D eigenvalue weighted by Gasteiger charge is -2.37. The number of urea groups is 1. The van der Waals surface area contributed by atoms with Gasteiger partial charge in [-0.2, -0.15) is 0 Å². The van der Waals surface area contributed by atoms with Crippen LogP contribution < -0.4 is 16.0 Å². The van der Waals surface area contributed by atoms with Crippen LogP contribution in [0.1, 0.15) is 50.2 Å². The highest BCUT2D eigenvalue weighted by Crippen LogP contribution is 2.42. The number of anilines is 2. The summed E-state index contributed by atoms with van der Waals surface area (Å²) in [6.07, 6.45) is 5.73. The zero-order valence-electron chi connectivity index (χ0n) is 23.9. The Kier molecular flexibility index (Phi) is 9.40. The third kappa shape index (κ3) is 6.75. The summed E-state index contributed by atoms with van der Waals surface area (Å²) in [5.74, 6) is -0.0235. The Morgan fingerprint density at radius 1 is 1.10 bits per heavy atom. The van der Waals surface area contributed by atoms with E-state index >= 15 is 4.39 Å². The molecule has 1 aliphatic heterocycles. The van der Waals surface area contributed by atoms with Gasteiger partial charge in [0, 0.05) is 26.3 Å².